The van der Waals surface area contributed by atoms with Crippen LogP contribution in [0.25, 0.3) is 16.7 Å². The summed E-state index contributed by atoms with van der Waals surface area (Å²) in [5, 5.41) is 21.1. The van der Waals surface area contributed by atoms with Gasteiger partial charge in [0, 0.05) is 45.5 Å². The van der Waals surface area contributed by atoms with Gasteiger partial charge >= 0.3 is 5.97 Å². The first kappa shape index (κ1) is 23.0. The standard InChI is InChI=1S/C21H20F3N7O3/c1-26-21(25)28-30-6-4-29(5-7-30)19-15(24)9-12-17(32)13(20(33)34)10-31(18(12)27-19)16-3-2-11(22)8-14(16)23/h2-3,8-10H,4-7H2,1H3,(H,33,34)(H3,25,26,28). The third-order valence-corrected chi connectivity index (χ3v) is 5.41. The van der Waals surface area contributed by atoms with E-state index in [1.54, 1.807) is 17.0 Å². The minimum atomic E-state index is -1.58. The number of halogens is 3. The number of hydrazine groups is 1. The van der Waals surface area contributed by atoms with Gasteiger partial charge in [-0.3, -0.25) is 20.2 Å². The molecule has 0 aliphatic carbocycles. The third-order valence-electron chi connectivity index (χ3n) is 5.41. The highest BCUT2D eigenvalue weighted by molar-refractivity contribution is 5.92. The lowest BCUT2D eigenvalue weighted by atomic mass is 10.1. The molecule has 13 heteroatoms. The minimum absolute atomic E-state index is 0.100. The lowest BCUT2D eigenvalue weighted by molar-refractivity contribution is 0.0695. The number of anilines is 1. The van der Waals surface area contributed by atoms with Gasteiger partial charge in [-0.2, -0.15) is 0 Å². The summed E-state index contributed by atoms with van der Waals surface area (Å²) >= 11 is 0. The molecule has 4 rings (SSSR count). The van der Waals surface area contributed by atoms with Crippen molar-refractivity contribution >= 4 is 28.8 Å². The van der Waals surface area contributed by atoms with E-state index in [0.29, 0.717) is 32.2 Å². The predicted octanol–water partition coefficient (Wildman–Crippen LogP) is 1.28. The van der Waals surface area contributed by atoms with Crippen LogP contribution >= 0.6 is 0 Å². The second kappa shape index (κ2) is 9.02. The SMILES string of the molecule is CNC(=N)NN1CCN(c2nc3c(cc2F)c(=O)c(C(=O)O)cn3-c2ccc(F)cc2F)CC1. The zero-order valence-corrected chi connectivity index (χ0v) is 17.9. The molecular weight excluding hydrogens is 455 g/mol. The van der Waals surface area contributed by atoms with E-state index in [-0.39, 0.29) is 28.5 Å². The Hall–Kier alpha value is -4.13. The van der Waals surface area contributed by atoms with E-state index in [0.717, 1.165) is 29.0 Å². The van der Waals surface area contributed by atoms with Gasteiger partial charge in [-0.1, -0.05) is 0 Å². The minimum Gasteiger partial charge on any atom is -0.477 e. The summed E-state index contributed by atoms with van der Waals surface area (Å²) in [5.74, 6) is -4.29. The molecule has 178 valence electrons. The fourth-order valence-corrected chi connectivity index (χ4v) is 3.69. The number of aromatic nitrogens is 2. The maximum atomic E-state index is 15.0. The van der Waals surface area contributed by atoms with E-state index >= 15 is 4.39 Å². The average Bonchev–Trinajstić information content (AvgIpc) is 2.80. The van der Waals surface area contributed by atoms with Crippen molar-refractivity contribution in [3.63, 3.8) is 0 Å². The molecule has 3 heterocycles. The quantitative estimate of drug-likeness (QED) is 0.329. The van der Waals surface area contributed by atoms with Crippen molar-refractivity contribution < 1.29 is 23.1 Å². The van der Waals surface area contributed by atoms with Crippen molar-refractivity contribution in [2.45, 2.75) is 0 Å². The van der Waals surface area contributed by atoms with Crippen LogP contribution in [0.3, 0.4) is 0 Å². The number of hydrogen-bond donors (Lipinski definition) is 4. The molecule has 10 nitrogen and oxygen atoms in total. The molecule has 4 N–H and O–H groups in total. The number of carboxylic acids is 1. The number of guanidine groups is 1. The van der Waals surface area contributed by atoms with E-state index in [1.807, 2.05) is 0 Å². The van der Waals surface area contributed by atoms with Gasteiger partial charge in [0.25, 0.3) is 0 Å². The van der Waals surface area contributed by atoms with Crippen molar-refractivity contribution in [2.24, 2.45) is 0 Å². The normalized spacial score (nSPS) is 14.3. The molecule has 0 spiro atoms. The molecule has 1 aliphatic heterocycles. The van der Waals surface area contributed by atoms with Crippen molar-refractivity contribution in [1.29, 1.82) is 5.41 Å². The molecule has 0 saturated carbocycles. The van der Waals surface area contributed by atoms with Gasteiger partial charge in [-0.05, 0) is 18.2 Å². The van der Waals surface area contributed by atoms with Gasteiger partial charge in [0.15, 0.2) is 17.3 Å². The Labute approximate surface area is 190 Å². The van der Waals surface area contributed by atoms with E-state index in [1.165, 1.54) is 0 Å². The summed E-state index contributed by atoms with van der Waals surface area (Å²) in [6.45, 7) is 1.48. The van der Waals surface area contributed by atoms with Gasteiger partial charge in [-0.25, -0.2) is 28.0 Å². The number of nitrogens with one attached hydrogen (secondary N) is 3. The molecule has 0 radical (unpaired) electrons. The van der Waals surface area contributed by atoms with Gasteiger partial charge in [-0.15, -0.1) is 0 Å². The summed E-state index contributed by atoms with van der Waals surface area (Å²) in [4.78, 5) is 30.2. The van der Waals surface area contributed by atoms with Gasteiger partial charge < -0.3 is 15.3 Å². The summed E-state index contributed by atoms with van der Waals surface area (Å²) in [6, 6.07) is 3.54. The second-order valence-electron chi connectivity index (χ2n) is 7.52. The topological polar surface area (TPSA) is 127 Å². The van der Waals surface area contributed by atoms with Crippen LogP contribution in [0.5, 0.6) is 0 Å². The van der Waals surface area contributed by atoms with Crippen LogP contribution in [0.2, 0.25) is 0 Å². The highest BCUT2D eigenvalue weighted by atomic mass is 19.1. The lowest BCUT2D eigenvalue weighted by Crippen LogP contribution is -2.55. The van der Waals surface area contributed by atoms with Crippen LogP contribution in [0.1, 0.15) is 10.4 Å². The predicted molar refractivity (Wildman–Crippen MR) is 118 cm³/mol. The van der Waals surface area contributed by atoms with Gasteiger partial charge in [0.1, 0.15) is 17.2 Å². The van der Waals surface area contributed by atoms with Crippen LogP contribution in [-0.2, 0) is 0 Å². The molecule has 1 saturated heterocycles. The molecule has 1 aromatic carbocycles. The molecule has 0 atom stereocenters. The Morgan fingerprint density at radius 2 is 1.82 bits per heavy atom. The molecule has 1 fully saturated rings. The van der Waals surface area contributed by atoms with Crippen LogP contribution in [0.15, 0.2) is 35.3 Å². The fraction of sp³-hybridized carbons (Fsp3) is 0.238. The first-order valence-electron chi connectivity index (χ1n) is 10.2. The van der Waals surface area contributed by atoms with Crippen LogP contribution in [0, 0.1) is 22.9 Å². The molecule has 1 aliphatic rings. The monoisotopic (exact) mass is 475 g/mol. The Morgan fingerprint density at radius 1 is 1.12 bits per heavy atom. The average molecular weight is 475 g/mol. The fourth-order valence-electron chi connectivity index (χ4n) is 3.69. The van der Waals surface area contributed by atoms with E-state index in [9.17, 15) is 23.5 Å². The number of pyridine rings is 2. The highest BCUT2D eigenvalue weighted by Gasteiger charge is 2.25. The van der Waals surface area contributed by atoms with Gasteiger partial charge in [0.05, 0.1) is 11.1 Å². The molecule has 0 amide bonds. The summed E-state index contributed by atoms with van der Waals surface area (Å²) in [6.07, 6.45) is 0.892. The maximum absolute atomic E-state index is 15.0. The number of carboxylic acid groups (broad SMARTS) is 1. The van der Waals surface area contributed by atoms with E-state index < -0.39 is 34.4 Å². The first-order valence-corrected chi connectivity index (χ1v) is 10.2. The number of benzene rings is 1. The zero-order chi connectivity index (χ0) is 24.6. The number of piperazine rings is 1. The summed E-state index contributed by atoms with van der Waals surface area (Å²) < 4.78 is 44.1. The maximum Gasteiger partial charge on any atom is 0.341 e. The zero-order valence-electron chi connectivity index (χ0n) is 17.9. The Balaban J connectivity index is 1.82. The Bertz CT molecular complexity index is 1350. The first-order chi connectivity index (χ1) is 16.2. The highest BCUT2D eigenvalue weighted by Crippen LogP contribution is 2.25. The molecule has 34 heavy (non-hydrogen) atoms. The molecule has 3 aromatic rings. The second-order valence-corrected chi connectivity index (χ2v) is 7.52. The van der Waals surface area contributed by atoms with Crippen LogP contribution in [-0.4, -0.2) is 64.8 Å². The Morgan fingerprint density at radius 3 is 2.44 bits per heavy atom. The van der Waals surface area contributed by atoms with Crippen molar-refractivity contribution in [3.05, 3.63) is 63.7 Å². The van der Waals surface area contributed by atoms with Crippen LogP contribution < -0.4 is 21.1 Å². The number of aromatic carboxylic acids is 1. The number of fused-ring (bicyclic) bond motifs is 1. The van der Waals surface area contributed by atoms with Crippen molar-refractivity contribution in [3.8, 4) is 5.69 Å². The summed E-state index contributed by atoms with van der Waals surface area (Å²) in [7, 11) is 1.60. The smallest absolute Gasteiger partial charge is 0.341 e. The Kier molecular flexibility index (Phi) is 6.11. The third kappa shape index (κ3) is 4.24. The lowest BCUT2D eigenvalue weighted by Gasteiger charge is -2.35. The van der Waals surface area contributed by atoms with Crippen LogP contribution in [0.4, 0.5) is 19.0 Å². The van der Waals surface area contributed by atoms with Crippen molar-refractivity contribution in [2.75, 3.05) is 38.1 Å². The molecule has 2 aromatic heterocycles. The summed E-state index contributed by atoms with van der Waals surface area (Å²) in [5.41, 5.74) is 0.734. The largest absolute Gasteiger partial charge is 0.477 e. The van der Waals surface area contributed by atoms with E-state index in [2.05, 4.69) is 15.7 Å². The van der Waals surface area contributed by atoms with E-state index in [4.69, 9.17) is 5.41 Å². The molecule has 0 unspecified atom stereocenters. The number of rotatable bonds is 4. The molecule has 0 bridgehead atoms. The number of nitrogens with zero attached hydrogens (tertiary/aromatic N) is 4. The van der Waals surface area contributed by atoms with Gasteiger partial charge in [0.2, 0.25) is 11.4 Å². The molecular formula is C21H20F3N7O3. The number of hydrogen-bond acceptors (Lipinski definition) is 6. The number of carbonyl (C=O) groups is 1. The van der Waals surface area contributed by atoms with Crippen molar-refractivity contribution in [1.82, 2.24) is 25.3 Å².